The van der Waals surface area contributed by atoms with Gasteiger partial charge in [0, 0.05) is 18.3 Å². The molecular formula is C25H31N5O3. The zero-order valence-electron chi connectivity index (χ0n) is 19.6. The van der Waals surface area contributed by atoms with E-state index in [0.29, 0.717) is 23.0 Å². The molecule has 1 aliphatic carbocycles. The van der Waals surface area contributed by atoms with E-state index in [1.165, 1.54) is 4.68 Å². The summed E-state index contributed by atoms with van der Waals surface area (Å²) in [6.45, 7) is 6.04. The molecule has 1 fully saturated rings. The third-order valence-electron chi connectivity index (χ3n) is 6.76. The number of benzene rings is 1. The van der Waals surface area contributed by atoms with Gasteiger partial charge in [0.05, 0.1) is 17.3 Å². The Kier molecular flexibility index (Phi) is 6.35. The molecule has 0 aliphatic heterocycles. The molecule has 2 heterocycles. The van der Waals surface area contributed by atoms with E-state index in [9.17, 15) is 9.59 Å². The molecule has 0 radical (unpaired) electrons. The summed E-state index contributed by atoms with van der Waals surface area (Å²) >= 11 is 0. The number of nitrogens with zero attached hydrogens (tertiary/aromatic N) is 3. The number of anilines is 1. The summed E-state index contributed by atoms with van der Waals surface area (Å²) in [6.07, 6.45) is 4.06. The maximum Gasteiger partial charge on any atom is 0.266 e. The molecule has 8 heteroatoms. The maximum atomic E-state index is 13.5. The number of nitrogens with one attached hydrogen (secondary N) is 1. The summed E-state index contributed by atoms with van der Waals surface area (Å²) in [5.74, 6) is 0.469. The van der Waals surface area contributed by atoms with Crippen molar-refractivity contribution in [3.63, 3.8) is 0 Å². The monoisotopic (exact) mass is 449 g/mol. The van der Waals surface area contributed by atoms with E-state index < -0.39 is 11.8 Å². The first-order valence-electron chi connectivity index (χ1n) is 11.4. The molecule has 1 aliphatic rings. The lowest BCUT2D eigenvalue weighted by molar-refractivity contribution is -0.119. The van der Waals surface area contributed by atoms with Crippen LogP contribution in [0, 0.1) is 25.7 Å². The highest BCUT2D eigenvalue weighted by Gasteiger charge is 2.35. The summed E-state index contributed by atoms with van der Waals surface area (Å²) in [4.78, 5) is 25.3. The van der Waals surface area contributed by atoms with Crippen LogP contribution in [-0.2, 0) is 11.8 Å². The molecule has 4 rings (SSSR count). The van der Waals surface area contributed by atoms with Crippen molar-refractivity contribution >= 4 is 17.5 Å². The highest BCUT2D eigenvalue weighted by Crippen LogP contribution is 2.39. The van der Waals surface area contributed by atoms with Gasteiger partial charge in [-0.1, -0.05) is 37.1 Å². The van der Waals surface area contributed by atoms with Crippen LogP contribution in [0.2, 0.25) is 0 Å². The van der Waals surface area contributed by atoms with Gasteiger partial charge in [-0.3, -0.25) is 14.3 Å². The fourth-order valence-corrected chi connectivity index (χ4v) is 4.92. The largest absolute Gasteiger partial charge is 0.364 e. The molecular weight excluding hydrogens is 418 g/mol. The summed E-state index contributed by atoms with van der Waals surface area (Å²) in [7, 11) is 1.68. The first-order valence-corrected chi connectivity index (χ1v) is 11.4. The Hall–Kier alpha value is -3.42. The molecule has 3 N–H and O–H groups in total. The van der Waals surface area contributed by atoms with Crippen LogP contribution in [0.1, 0.15) is 66.2 Å². The Labute approximate surface area is 193 Å². The van der Waals surface area contributed by atoms with E-state index in [4.69, 9.17) is 10.3 Å². The van der Waals surface area contributed by atoms with Gasteiger partial charge in [-0.05, 0) is 62.3 Å². The highest BCUT2D eigenvalue weighted by atomic mass is 16.5. The molecule has 0 bridgehead atoms. The van der Waals surface area contributed by atoms with Crippen LogP contribution < -0.4 is 11.1 Å². The predicted molar refractivity (Wildman–Crippen MR) is 126 cm³/mol. The number of carbonyl (C=O) groups excluding carboxylic acids is 2. The van der Waals surface area contributed by atoms with Crippen molar-refractivity contribution in [3.8, 4) is 11.1 Å². The summed E-state index contributed by atoms with van der Waals surface area (Å²) in [5, 5.41) is 11.6. The van der Waals surface area contributed by atoms with Crippen molar-refractivity contribution < 1.29 is 14.1 Å². The summed E-state index contributed by atoms with van der Waals surface area (Å²) < 4.78 is 6.73. The molecule has 0 saturated heterocycles. The smallest absolute Gasteiger partial charge is 0.266 e. The SMILES string of the molecule is Cc1noc(C)c1-c1ccc(NC(=O)C(c2cc(C(N)=O)n(C)n2)C2CCC(C)CC2)cc1. The highest BCUT2D eigenvalue weighted by molar-refractivity contribution is 5.97. The first kappa shape index (κ1) is 22.8. The number of hydrogen-bond acceptors (Lipinski definition) is 5. The quantitative estimate of drug-likeness (QED) is 0.581. The number of rotatable bonds is 6. The van der Waals surface area contributed by atoms with Crippen LogP contribution in [0.3, 0.4) is 0 Å². The van der Waals surface area contributed by atoms with Gasteiger partial charge in [-0.25, -0.2) is 0 Å². The van der Waals surface area contributed by atoms with Crippen molar-refractivity contribution in [3.05, 3.63) is 53.2 Å². The van der Waals surface area contributed by atoms with Gasteiger partial charge in [0.1, 0.15) is 11.5 Å². The van der Waals surface area contributed by atoms with Gasteiger partial charge < -0.3 is 15.6 Å². The molecule has 2 aromatic heterocycles. The first-order chi connectivity index (χ1) is 15.7. The van der Waals surface area contributed by atoms with Crippen molar-refractivity contribution in [1.82, 2.24) is 14.9 Å². The predicted octanol–water partition coefficient (Wildman–Crippen LogP) is 4.34. The van der Waals surface area contributed by atoms with Gasteiger partial charge in [0.15, 0.2) is 0 Å². The Morgan fingerprint density at radius 3 is 2.36 bits per heavy atom. The van der Waals surface area contributed by atoms with Crippen molar-refractivity contribution in [1.29, 1.82) is 0 Å². The second-order valence-electron chi connectivity index (χ2n) is 9.21. The van der Waals surface area contributed by atoms with Crippen LogP contribution in [0.15, 0.2) is 34.9 Å². The zero-order chi connectivity index (χ0) is 23.7. The molecule has 1 atom stereocenters. The van der Waals surface area contributed by atoms with E-state index in [2.05, 4.69) is 22.5 Å². The number of nitrogens with two attached hydrogens (primary N) is 1. The van der Waals surface area contributed by atoms with Gasteiger partial charge in [-0.2, -0.15) is 5.10 Å². The number of hydrogen-bond donors (Lipinski definition) is 2. The molecule has 3 aromatic rings. The fourth-order valence-electron chi connectivity index (χ4n) is 4.92. The van der Waals surface area contributed by atoms with E-state index in [1.54, 1.807) is 13.1 Å². The molecule has 0 spiro atoms. The number of amides is 2. The van der Waals surface area contributed by atoms with Crippen LogP contribution in [-0.4, -0.2) is 26.8 Å². The lowest BCUT2D eigenvalue weighted by atomic mass is 9.75. The van der Waals surface area contributed by atoms with Crippen LogP contribution in [0.25, 0.3) is 11.1 Å². The number of primary amides is 1. The van der Waals surface area contributed by atoms with Gasteiger partial charge in [0.2, 0.25) is 5.91 Å². The molecule has 2 amide bonds. The Balaban J connectivity index is 1.59. The lowest BCUT2D eigenvalue weighted by Gasteiger charge is -2.31. The van der Waals surface area contributed by atoms with Crippen LogP contribution in [0.5, 0.6) is 0 Å². The Morgan fingerprint density at radius 1 is 1.15 bits per heavy atom. The van der Waals surface area contributed by atoms with E-state index >= 15 is 0 Å². The number of carbonyl (C=O) groups is 2. The molecule has 1 aromatic carbocycles. The number of aromatic nitrogens is 3. The second kappa shape index (κ2) is 9.21. The van der Waals surface area contributed by atoms with Gasteiger partial charge in [0.25, 0.3) is 5.91 Å². The van der Waals surface area contributed by atoms with E-state index in [1.807, 2.05) is 38.1 Å². The average molecular weight is 450 g/mol. The third-order valence-corrected chi connectivity index (χ3v) is 6.76. The lowest BCUT2D eigenvalue weighted by Crippen LogP contribution is -2.30. The molecule has 174 valence electrons. The minimum Gasteiger partial charge on any atom is -0.364 e. The van der Waals surface area contributed by atoms with Crippen molar-refractivity contribution in [2.75, 3.05) is 5.32 Å². The van der Waals surface area contributed by atoms with Crippen LogP contribution >= 0.6 is 0 Å². The second-order valence-corrected chi connectivity index (χ2v) is 9.21. The van der Waals surface area contributed by atoms with E-state index in [0.717, 1.165) is 48.3 Å². The fraction of sp³-hybridized carbons (Fsp3) is 0.440. The van der Waals surface area contributed by atoms with E-state index in [-0.39, 0.29) is 11.8 Å². The maximum absolute atomic E-state index is 13.5. The summed E-state index contributed by atoms with van der Waals surface area (Å²) in [5.41, 5.74) is 9.87. The van der Waals surface area contributed by atoms with Gasteiger partial charge in [-0.15, -0.1) is 0 Å². The molecule has 1 saturated carbocycles. The minimum absolute atomic E-state index is 0.117. The Bertz CT molecular complexity index is 1130. The standard InChI is InChI=1S/C25H31N5O3/c1-14-5-7-18(8-6-14)23(20-13-21(24(26)31)30(4)28-20)25(32)27-19-11-9-17(10-12-19)22-15(2)29-33-16(22)3/h9-14,18,23H,5-8H2,1-4H3,(H2,26,31)(H,27,32). The normalized spacial score (nSPS) is 19.3. The Morgan fingerprint density at radius 2 is 1.82 bits per heavy atom. The molecule has 8 nitrogen and oxygen atoms in total. The topological polar surface area (TPSA) is 116 Å². The molecule has 1 unspecified atom stereocenters. The molecule has 33 heavy (non-hydrogen) atoms. The summed E-state index contributed by atoms with van der Waals surface area (Å²) in [6, 6.07) is 9.32. The zero-order valence-corrected chi connectivity index (χ0v) is 19.6. The van der Waals surface area contributed by atoms with Gasteiger partial charge >= 0.3 is 0 Å². The third kappa shape index (κ3) is 4.69. The van der Waals surface area contributed by atoms with Crippen LogP contribution in [0.4, 0.5) is 5.69 Å². The minimum atomic E-state index is -0.553. The number of aryl methyl sites for hydroxylation is 3. The van der Waals surface area contributed by atoms with Crippen molar-refractivity contribution in [2.45, 2.75) is 52.4 Å². The van der Waals surface area contributed by atoms with Crippen molar-refractivity contribution in [2.24, 2.45) is 24.6 Å². The average Bonchev–Trinajstić information content (AvgIpc) is 3.32.